The van der Waals surface area contributed by atoms with Crippen LogP contribution in [0.1, 0.15) is 70.3 Å². The van der Waals surface area contributed by atoms with Gasteiger partial charge in [-0.15, -0.1) is 0 Å². The number of pyridine rings is 1. The Balaban J connectivity index is 1.86. The van der Waals surface area contributed by atoms with Gasteiger partial charge in [0.15, 0.2) is 0 Å². The lowest BCUT2D eigenvalue weighted by Gasteiger charge is -2.39. The Labute approximate surface area is 222 Å². The van der Waals surface area contributed by atoms with Gasteiger partial charge in [-0.1, -0.05) is 20.8 Å². The maximum absolute atomic E-state index is 13.5. The molecule has 39 heavy (non-hydrogen) atoms. The van der Waals surface area contributed by atoms with Crippen molar-refractivity contribution in [2.24, 2.45) is 5.41 Å². The fraction of sp³-hybridized carbons (Fsp3) is 0.600. The molecule has 1 fully saturated rings. The first kappa shape index (κ1) is 30.1. The van der Waals surface area contributed by atoms with Crippen LogP contribution in [0.15, 0.2) is 24.5 Å². The van der Waals surface area contributed by atoms with E-state index in [1.807, 2.05) is 0 Å². The van der Waals surface area contributed by atoms with E-state index < -0.39 is 65.6 Å². The Kier molecular flexibility index (Phi) is 8.46. The Morgan fingerprint density at radius 3 is 2.44 bits per heavy atom. The number of amides is 2. The Morgan fingerprint density at radius 2 is 1.87 bits per heavy atom. The van der Waals surface area contributed by atoms with Crippen molar-refractivity contribution in [3.8, 4) is 5.88 Å². The van der Waals surface area contributed by atoms with Gasteiger partial charge in [-0.25, -0.2) is 14.5 Å². The summed E-state index contributed by atoms with van der Waals surface area (Å²) in [5, 5.41) is 16.5. The van der Waals surface area contributed by atoms with Crippen molar-refractivity contribution in [1.29, 1.82) is 0 Å². The van der Waals surface area contributed by atoms with Crippen molar-refractivity contribution >= 4 is 12.0 Å². The molecule has 1 saturated heterocycles. The molecule has 2 N–H and O–H groups in total. The first-order valence-electron chi connectivity index (χ1n) is 12.2. The number of carbonyl (C=O) groups is 2. The normalized spacial score (nSPS) is 18.8. The molecule has 2 atom stereocenters. The van der Waals surface area contributed by atoms with E-state index in [-0.39, 0.29) is 19.5 Å². The van der Waals surface area contributed by atoms with Crippen LogP contribution in [0.25, 0.3) is 0 Å². The Morgan fingerprint density at radius 1 is 1.21 bits per heavy atom. The van der Waals surface area contributed by atoms with E-state index >= 15 is 0 Å². The molecule has 14 heteroatoms. The van der Waals surface area contributed by atoms with Gasteiger partial charge in [-0.2, -0.15) is 27.1 Å². The van der Waals surface area contributed by atoms with Gasteiger partial charge in [0.2, 0.25) is 11.8 Å². The molecule has 3 heterocycles. The number of hydrogen-bond donors (Lipinski definition) is 2. The first-order valence-corrected chi connectivity index (χ1v) is 12.2. The summed E-state index contributed by atoms with van der Waals surface area (Å²) in [6, 6.07) is 1.28. The predicted molar refractivity (Wildman–Crippen MR) is 130 cm³/mol. The lowest BCUT2D eigenvalue weighted by atomic mass is 9.80. The third-order valence-electron chi connectivity index (χ3n) is 6.53. The van der Waals surface area contributed by atoms with Crippen LogP contribution in [0.3, 0.4) is 0 Å². The van der Waals surface area contributed by atoms with Crippen LogP contribution >= 0.6 is 0 Å². The van der Waals surface area contributed by atoms with Gasteiger partial charge in [0, 0.05) is 48.4 Å². The fourth-order valence-corrected chi connectivity index (χ4v) is 4.37. The summed E-state index contributed by atoms with van der Waals surface area (Å²) in [5.74, 6) is -1.93. The molecule has 1 aliphatic heterocycles. The van der Waals surface area contributed by atoms with Crippen LogP contribution < -0.4 is 10.1 Å². The van der Waals surface area contributed by atoms with Crippen molar-refractivity contribution in [3.63, 3.8) is 0 Å². The lowest BCUT2D eigenvalue weighted by molar-refractivity contribution is -0.139. The van der Waals surface area contributed by atoms with Crippen LogP contribution in [-0.4, -0.2) is 62.5 Å². The van der Waals surface area contributed by atoms with Gasteiger partial charge in [0.25, 0.3) is 0 Å². The van der Waals surface area contributed by atoms with Gasteiger partial charge in [0.05, 0.1) is 11.1 Å². The molecule has 216 valence electrons. The average Bonchev–Trinajstić information content (AvgIpc) is 3.29. The number of carboxylic acid groups (broad SMARTS) is 1. The van der Waals surface area contributed by atoms with E-state index in [0.29, 0.717) is 15.9 Å². The van der Waals surface area contributed by atoms with E-state index in [0.717, 1.165) is 23.2 Å². The van der Waals surface area contributed by atoms with E-state index in [1.54, 1.807) is 20.8 Å². The summed E-state index contributed by atoms with van der Waals surface area (Å²) in [6.45, 7) is 4.98. The monoisotopic (exact) mass is 561 g/mol. The molecule has 0 radical (unpaired) electrons. The summed E-state index contributed by atoms with van der Waals surface area (Å²) in [4.78, 5) is 29.8. The predicted octanol–water partition coefficient (Wildman–Crippen LogP) is 5.05. The molecule has 0 aliphatic carbocycles. The number of rotatable bonds is 7. The second-order valence-electron chi connectivity index (χ2n) is 11.2. The number of likely N-dealkylation sites (tertiary alicyclic amines) is 1. The minimum absolute atomic E-state index is 0.0713. The summed E-state index contributed by atoms with van der Waals surface area (Å²) >= 11 is 0. The molecule has 0 saturated carbocycles. The zero-order chi connectivity index (χ0) is 29.3. The van der Waals surface area contributed by atoms with Gasteiger partial charge in [-0.05, 0) is 32.4 Å². The van der Waals surface area contributed by atoms with Gasteiger partial charge in [0.1, 0.15) is 12.2 Å². The second-order valence-corrected chi connectivity index (χ2v) is 11.2. The molecule has 0 spiro atoms. The standard InChI is InChI=1S/C25H32F5N5O4/c1-23(2,3)18-15(12-35(33-18)21(26)27)14-11-34(22(37)38)10-8-17(14)32-20(36)24(4,5)13-39-19-16(25(28,29)30)7-6-9-31-19/h6-7,9,12,14,17,21H,8,10-11,13H2,1-5H3,(H,32,36)(H,37,38). The van der Waals surface area contributed by atoms with Crippen molar-refractivity contribution in [1.82, 2.24) is 25.0 Å². The topological polar surface area (TPSA) is 110 Å². The largest absolute Gasteiger partial charge is 0.476 e. The van der Waals surface area contributed by atoms with Crippen molar-refractivity contribution in [3.05, 3.63) is 41.3 Å². The number of nitrogens with one attached hydrogen (secondary N) is 1. The van der Waals surface area contributed by atoms with Gasteiger partial charge >= 0.3 is 18.8 Å². The molecule has 1 aliphatic rings. The molecule has 2 amide bonds. The van der Waals surface area contributed by atoms with Crippen LogP contribution in [0.4, 0.5) is 26.7 Å². The Hall–Kier alpha value is -3.45. The SMILES string of the molecule is CC(C)(COc1ncccc1C(F)(F)F)C(=O)NC1CCN(C(=O)O)CC1c1cn(C(F)F)nc1C(C)(C)C. The second kappa shape index (κ2) is 11.0. The maximum atomic E-state index is 13.5. The number of halogens is 5. The number of aromatic nitrogens is 3. The average molecular weight is 562 g/mol. The molecular formula is C25H32F5N5O4. The molecular weight excluding hydrogens is 529 g/mol. The van der Waals surface area contributed by atoms with Crippen LogP contribution in [0.5, 0.6) is 5.88 Å². The van der Waals surface area contributed by atoms with E-state index in [1.165, 1.54) is 20.0 Å². The van der Waals surface area contributed by atoms with Gasteiger partial charge < -0.3 is 20.1 Å². The van der Waals surface area contributed by atoms with Crippen molar-refractivity contribution < 1.29 is 41.4 Å². The number of nitrogens with zero attached hydrogens (tertiary/aromatic N) is 4. The maximum Gasteiger partial charge on any atom is 0.421 e. The number of carbonyl (C=O) groups excluding carboxylic acids is 1. The number of alkyl halides is 5. The minimum atomic E-state index is -4.70. The highest BCUT2D eigenvalue weighted by Crippen LogP contribution is 2.37. The summed E-state index contributed by atoms with van der Waals surface area (Å²) < 4.78 is 72.8. The molecule has 9 nitrogen and oxygen atoms in total. The molecule has 0 aromatic carbocycles. The summed E-state index contributed by atoms with van der Waals surface area (Å²) in [7, 11) is 0. The summed E-state index contributed by atoms with van der Waals surface area (Å²) in [5.41, 5.74) is -2.34. The Bertz CT molecular complexity index is 1190. The molecule has 3 rings (SSSR count). The third kappa shape index (κ3) is 6.95. The third-order valence-corrected chi connectivity index (χ3v) is 6.53. The summed E-state index contributed by atoms with van der Waals surface area (Å²) in [6.07, 6.45) is -3.39. The smallest absolute Gasteiger partial charge is 0.421 e. The van der Waals surface area contributed by atoms with E-state index in [2.05, 4.69) is 15.4 Å². The highest BCUT2D eigenvalue weighted by molar-refractivity contribution is 5.82. The molecule has 0 bridgehead atoms. The highest BCUT2D eigenvalue weighted by atomic mass is 19.4. The first-order chi connectivity index (χ1) is 17.9. The van der Waals surface area contributed by atoms with Crippen molar-refractivity contribution in [2.75, 3.05) is 19.7 Å². The number of ether oxygens (including phenoxy) is 1. The fourth-order valence-electron chi connectivity index (χ4n) is 4.37. The van der Waals surface area contributed by atoms with E-state index in [9.17, 15) is 36.6 Å². The molecule has 2 aromatic heterocycles. The zero-order valence-electron chi connectivity index (χ0n) is 22.2. The minimum Gasteiger partial charge on any atom is -0.476 e. The zero-order valence-corrected chi connectivity index (χ0v) is 22.2. The van der Waals surface area contributed by atoms with Crippen molar-refractivity contribution in [2.45, 2.75) is 71.1 Å². The van der Waals surface area contributed by atoms with E-state index in [4.69, 9.17) is 4.74 Å². The molecule has 2 unspecified atom stereocenters. The quantitative estimate of drug-likeness (QED) is 0.458. The lowest BCUT2D eigenvalue weighted by Crippen LogP contribution is -2.54. The number of hydrogen-bond acceptors (Lipinski definition) is 5. The highest BCUT2D eigenvalue weighted by Gasteiger charge is 2.41. The number of piperidine rings is 1. The van der Waals surface area contributed by atoms with Crippen LogP contribution in [-0.2, 0) is 16.4 Å². The molecule has 2 aromatic rings. The van der Waals surface area contributed by atoms with Crippen LogP contribution in [0, 0.1) is 5.41 Å². The van der Waals surface area contributed by atoms with Crippen LogP contribution in [0.2, 0.25) is 0 Å². The van der Waals surface area contributed by atoms with Gasteiger partial charge in [-0.3, -0.25) is 4.79 Å².